The van der Waals surface area contributed by atoms with Crippen molar-refractivity contribution >= 4 is 46.0 Å². The number of rotatable bonds is 7. The molecule has 3 aliphatic heterocycles. The van der Waals surface area contributed by atoms with Gasteiger partial charge in [-0.05, 0) is 67.6 Å². The summed E-state index contributed by atoms with van der Waals surface area (Å²) < 4.78 is 21.8. The summed E-state index contributed by atoms with van der Waals surface area (Å²) in [5, 5.41) is 7.12. The van der Waals surface area contributed by atoms with Gasteiger partial charge in [0, 0.05) is 28.8 Å². The largest absolute Gasteiger partial charge is 0.444 e. The van der Waals surface area contributed by atoms with Crippen LogP contribution in [-0.2, 0) is 16.1 Å². The van der Waals surface area contributed by atoms with Crippen molar-refractivity contribution < 1.29 is 18.7 Å². The number of anilines is 2. The van der Waals surface area contributed by atoms with Crippen LogP contribution in [0.3, 0.4) is 0 Å². The lowest BCUT2D eigenvalue weighted by molar-refractivity contribution is -0.113. The van der Waals surface area contributed by atoms with Gasteiger partial charge in [0.1, 0.15) is 11.9 Å². The van der Waals surface area contributed by atoms with Crippen molar-refractivity contribution in [1.29, 1.82) is 0 Å². The van der Waals surface area contributed by atoms with Crippen molar-refractivity contribution in [2.24, 2.45) is 0 Å². The molecule has 1 aromatic heterocycles. The van der Waals surface area contributed by atoms with Crippen molar-refractivity contribution in [3.05, 3.63) is 64.2 Å². The van der Waals surface area contributed by atoms with E-state index in [9.17, 15) is 18.8 Å². The number of thioether (sulfide) groups is 1. The van der Waals surface area contributed by atoms with E-state index in [0.717, 1.165) is 35.2 Å². The molecule has 2 atom stereocenters. The number of hydrogen-bond donors (Lipinski definition) is 2. The minimum Gasteiger partial charge on any atom is -0.444 e. The highest BCUT2D eigenvalue weighted by molar-refractivity contribution is 8.00. The molecule has 8 nitrogen and oxygen atoms in total. The summed E-state index contributed by atoms with van der Waals surface area (Å²) in [5.74, 6) is 0.0505. The van der Waals surface area contributed by atoms with Crippen molar-refractivity contribution in [3.63, 3.8) is 0 Å². The molecule has 186 valence electrons. The molecule has 0 saturated carbocycles. The van der Waals surface area contributed by atoms with E-state index in [1.807, 2.05) is 18.2 Å². The van der Waals surface area contributed by atoms with Gasteiger partial charge in [-0.3, -0.25) is 14.5 Å². The van der Waals surface area contributed by atoms with Crippen LogP contribution in [-0.4, -0.2) is 41.5 Å². The number of benzene rings is 2. The molecule has 6 rings (SSSR count). The van der Waals surface area contributed by atoms with E-state index in [1.165, 1.54) is 23.9 Å². The minimum absolute atomic E-state index is 0.0481. The van der Waals surface area contributed by atoms with Crippen molar-refractivity contribution in [2.75, 3.05) is 29.1 Å². The van der Waals surface area contributed by atoms with Gasteiger partial charge in [-0.2, -0.15) is 0 Å². The summed E-state index contributed by atoms with van der Waals surface area (Å²) in [4.78, 5) is 39.0. The zero-order chi connectivity index (χ0) is 24.8. The molecule has 4 heterocycles. The van der Waals surface area contributed by atoms with E-state index in [2.05, 4.69) is 10.6 Å². The highest BCUT2D eigenvalue weighted by atomic mass is 32.2. The number of halogens is 1. The first-order valence-corrected chi connectivity index (χ1v) is 13.1. The molecule has 10 heteroatoms. The van der Waals surface area contributed by atoms with Gasteiger partial charge in [-0.25, -0.2) is 9.18 Å². The first-order valence-electron chi connectivity index (χ1n) is 12.1. The van der Waals surface area contributed by atoms with Gasteiger partial charge in [0.05, 0.1) is 29.5 Å². The Labute approximate surface area is 210 Å². The summed E-state index contributed by atoms with van der Waals surface area (Å²) in [7, 11) is 0. The van der Waals surface area contributed by atoms with Gasteiger partial charge >= 0.3 is 6.09 Å². The lowest BCUT2D eigenvalue weighted by Crippen LogP contribution is -2.26. The number of nitrogens with zero attached hydrogens (tertiary/aromatic N) is 2. The maximum atomic E-state index is 14.6. The topological polar surface area (TPSA) is 92.7 Å². The van der Waals surface area contributed by atoms with Crippen molar-refractivity contribution in [1.82, 2.24) is 9.88 Å². The fourth-order valence-corrected chi connectivity index (χ4v) is 6.03. The monoisotopic (exact) mass is 508 g/mol. The number of carbonyl (C=O) groups excluding carboxylic acids is 2. The second-order valence-corrected chi connectivity index (χ2v) is 10.3. The Bertz CT molecular complexity index is 1440. The predicted molar refractivity (Wildman–Crippen MR) is 136 cm³/mol. The van der Waals surface area contributed by atoms with E-state index in [4.69, 9.17) is 4.74 Å². The third-order valence-electron chi connectivity index (χ3n) is 6.98. The number of fused-ring (bicyclic) bond motifs is 1. The number of pyridine rings is 1. The predicted octanol–water partition coefficient (Wildman–Crippen LogP) is 4.02. The lowest BCUT2D eigenvalue weighted by Gasteiger charge is -2.20. The number of unbranched alkanes of at least 4 members (excludes halogenated alkanes) is 1. The molecule has 1 fully saturated rings. The maximum absolute atomic E-state index is 14.6. The molecule has 3 aliphatic rings. The molecule has 0 aliphatic carbocycles. The number of nitrogens with one attached hydrogen (secondary N) is 2. The summed E-state index contributed by atoms with van der Waals surface area (Å²) >= 11 is 1.48. The summed E-state index contributed by atoms with van der Waals surface area (Å²) in [6.45, 7) is 1.54. The van der Waals surface area contributed by atoms with E-state index < -0.39 is 0 Å². The molecule has 0 radical (unpaired) electrons. The zero-order valence-electron chi connectivity index (χ0n) is 19.5. The highest BCUT2D eigenvalue weighted by Crippen LogP contribution is 2.36. The fourth-order valence-electron chi connectivity index (χ4n) is 5.25. The maximum Gasteiger partial charge on any atom is 0.414 e. The van der Waals surface area contributed by atoms with Gasteiger partial charge in [-0.1, -0.05) is 0 Å². The second kappa shape index (κ2) is 9.25. The first-order chi connectivity index (χ1) is 17.5. The third-order valence-corrected chi connectivity index (χ3v) is 8.05. The Morgan fingerprint density at radius 3 is 2.83 bits per heavy atom. The van der Waals surface area contributed by atoms with E-state index in [0.29, 0.717) is 42.2 Å². The number of aromatic nitrogens is 1. The summed E-state index contributed by atoms with van der Waals surface area (Å²) in [6, 6.07) is 11.8. The molecular weight excluding hydrogens is 483 g/mol. The summed E-state index contributed by atoms with van der Waals surface area (Å²) in [5.41, 5.74) is 2.55. The van der Waals surface area contributed by atoms with Gasteiger partial charge < -0.3 is 19.9 Å². The van der Waals surface area contributed by atoms with E-state index >= 15 is 0 Å². The number of ether oxygens (including phenoxy) is 1. The first kappa shape index (κ1) is 23.1. The zero-order valence-corrected chi connectivity index (χ0v) is 20.3. The molecule has 2 amide bonds. The average molecular weight is 509 g/mol. The minimum atomic E-state index is -0.384. The Kier molecular flexibility index (Phi) is 5.93. The van der Waals surface area contributed by atoms with E-state index in [-0.39, 0.29) is 35.5 Å². The molecule has 0 spiro atoms. The van der Waals surface area contributed by atoms with Gasteiger partial charge in [0.15, 0.2) is 0 Å². The van der Waals surface area contributed by atoms with Gasteiger partial charge in [-0.15, -0.1) is 11.8 Å². The molecule has 36 heavy (non-hydrogen) atoms. The number of amides is 2. The van der Waals surface area contributed by atoms with Crippen LogP contribution in [0.25, 0.3) is 10.9 Å². The van der Waals surface area contributed by atoms with Crippen LogP contribution in [0.4, 0.5) is 20.6 Å². The standard InChI is InChI=1S/C26H25FN4O4S/c27-18-7-4-15-5-9-23(33)31-13-20(24(18)25(15)31)28-10-2-1-3-17-12-30(26(34)35-17)16-6-8-21-19(11-16)29-22(32)14-36-21/h4-9,11,17,20,28H,1-3,10,12-14H2,(H,29,32)/t17-,20-/m1/s1. The van der Waals surface area contributed by atoms with Crippen LogP contribution < -0.4 is 21.1 Å². The quantitative estimate of drug-likeness (QED) is 0.469. The smallest absolute Gasteiger partial charge is 0.414 e. The molecular formula is C26H25FN4O4S. The SMILES string of the molecule is O=C1CSc2ccc(N3C[C@@H](CCCCN[C@@H]4Cn5c(=O)ccc6ccc(F)c4c65)OC3=O)cc2N1. The van der Waals surface area contributed by atoms with Gasteiger partial charge in [0.25, 0.3) is 5.56 Å². The normalized spacial score (nSPS) is 20.5. The molecule has 0 bridgehead atoms. The van der Waals surface area contributed by atoms with Gasteiger partial charge in [0.2, 0.25) is 5.91 Å². The van der Waals surface area contributed by atoms with Crippen LogP contribution in [0.15, 0.2) is 52.2 Å². The van der Waals surface area contributed by atoms with Crippen molar-refractivity contribution in [3.8, 4) is 0 Å². The number of carbonyl (C=O) groups is 2. The van der Waals surface area contributed by atoms with Crippen LogP contribution >= 0.6 is 11.8 Å². The second-order valence-electron chi connectivity index (χ2n) is 9.32. The lowest BCUT2D eigenvalue weighted by atomic mass is 10.1. The van der Waals surface area contributed by atoms with Crippen LogP contribution in [0.1, 0.15) is 30.9 Å². The Hall–Kier alpha value is -3.37. The molecule has 0 unspecified atom stereocenters. The molecule has 1 saturated heterocycles. The molecule has 2 N–H and O–H groups in total. The molecule has 3 aromatic rings. The third kappa shape index (κ3) is 4.14. The van der Waals surface area contributed by atoms with Crippen LogP contribution in [0, 0.1) is 5.82 Å². The summed E-state index contributed by atoms with van der Waals surface area (Å²) in [6.07, 6.45) is 1.79. The Morgan fingerprint density at radius 2 is 1.94 bits per heavy atom. The number of cyclic esters (lactones) is 1. The van der Waals surface area contributed by atoms with E-state index in [1.54, 1.807) is 21.6 Å². The van der Waals surface area contributed by atoms with Crippen molar-refractivity contribution in [2.45, 2.75) is 42.8 Å². The molecule has 2 aromatic carbocycles. The van der Waals surface area contributed by atoms with Crippen LogP contribution in [0.2, 0.25) is 0 Å². The highest BCUT2D eigenvalue weighted by Gasteiger charge is 2.33. The average Bonchev–Trinajstić information content (AvgIpc) is 3.44. The fraction of sp³-hybridized carbons (Fsp3) is 0.346. The Balaban J connectivity index is 1.02. The Morgan fingerprint density at radius 1 is 1.08 bits per heavy atom. The van der Waals surface area contributed by atoms with Crippen LogP contribution in [0.5, 0.6) is 0 Å². The number of hydrogen-bond acceptors (Lipinski definition) is 6.